The van der Waals surface area contributed by atoms with Gasteiger partial charge in [-0.2, -0.15) is 0 Å². The zero-order valence-electron chi connectivity index (χ0n) is 22.8. The number of aromatic nitrogens is 4. The summed E-state index contributed by atoms with van der Waals surface area (Å²) in [6.45, 7) is 3.44. The molecule has 0 saturated carbocycles. The molecule has 0 bridgehead atoms. The third-order valence-electron chi connectivity index (χ3n) is 8.30. The fraction of sp³-hybridized carbons (Fsp3) is 0.323. The van der Waals surface area contributed by atoms with Crippen LogP contribution in [0.4, 0.5) is 23.1 Å². The first-order valence-electron chi connectivity index (χ1n) is 14.0. The molecule has 202 valence electrons. The molecule has 4 aromatic rings. The third-order valence-corrected chi connectivity index (χ3v) is 8.30. The van der Waals surface area contributed by atoms with Crippen molar-refractivity contribution in [2.24, 2.45) is 12.0 Å². The molecule has 0 radical (unpaired) electrons. The van der Waals surface area contributed by atoms with E-state index in [0.717, 1.165) is 53.8 Å². The van der Waals surface area contributed by atoms with Crippen LogP contribution < -0.4 is 15.8 Å². The van der Waals surface area contributed by atoms with Crippen LogP contribution in [-0.4, -0.2) is 37.8 Å². The van der Waals surface area contributed by atoms with Gasteiger partial charge in [-0.3, -0.25) is 14.5 Å². The molecule has 0 aromatic carbocycles. The van der Waals surface area contributed by atoms with Crippen LogP contribution in [0.3, 0.4) is 0 Å². The molecule has 9 heteroatoms. The zero-order chi connectivity index (χ0) is 27.4. The zero-order valence-corrected chi connectivity index (χ0v) is 22.8. The largest absolute Gasteiger partial charge is 0.339 e. The molecule has 0 atom stereocenters. The average molecular weight is 534 g/mol. The Bertz CT molecular complexity index is 1760. The normalized spacial score (nSPS) is 15.7. The summed E-state index contributed by atoms with van der Waals surface area (Å²) >= 11 is 0. The first kappa shape index (κ1) is 24.5. The maximum Gasteiger partial charge on any atom is 0.276 e. The number of hydrogen-bond acceptors (Lipinski definition) is 6. The van der Waals surface area contributed by atoms with Gasteiger partial charge in [0, 0.05) is 67.6 Å². The molecule has 0 spiro atoms. The first-order chi connectivity index (χ1) is 19.5. The monoisotopic (exact) mass is 533 g/mol. The van der Waals surface area contributed by atoms with E-state index in [1.165, 1.54) is 24.1 Å². The van der Waals surface area contributed by atoms with E-state index < -0.39 is 0 Å². The minimum Gasteiger partial charge on any atom is -0.339 e. The molecule has 1 N–H and O–H groups in total. The molecule has 2 aliphatic heterocycles. The van der Waals surface area contributed by atoms with Crippen molar-refractivity contribution in [1.29, 1.82) is 0 Å². The summed E-state index contributed by atoms with van der Waals surface area (Å²) in [5, 5.41) is 3.21. The number of aliphatic imine (C=N–C) groups is 1. The van der Waals surface area contributed by atoms with Gasteiger partial charge in [0.25, 0.3) is 11.5 Å². The van der Waals surface area contributed by atoms with Crippen molar-refractivity contribution in [3.8, 4) is 11.1 Å². The predicted molar refractivity (Wildman–Crippen MR) is 156 cm³/mol. The van der Waals surface area contributed by atoms with Gasteiger partial charge >= 0.3 is 0 Å². The van der Waals surface area contributed by atoms with Crippen molar-refractivity contribution >= 4 is 35.3 Å². The van der Waals surface area contributed by atoms with Crippen LogP contribution in [0.25, 0.3) is 11.1 Å². The van der Waals surface area contributed by atoms with E-state index >= 15 is 0 Å². The highest BCUT2D eigenvalue weighted by molar-refractivity contribution is 6.06. The number of carbonyl (C=O) groups is 1. The van der Waals surface area contributed by atoms with Crippen molar-refractivity contribution in [2.75, 3.05) is 16.8 Å². The van der Waals surface area contributed by atoms with E-state index in [0.29, 0.717) is 36.1 Å². The molecule has 0 saturated heterocycles. The minimum absolute atomic E-state index is 0.00756. The third kappa shape index (κ3) is 3.95. The van der Waals surface area contributed by atoms with Crippen molar-refractivity contribution in [1.82, 2.24) is 19.1 Å². The minimum atomic E-state index is -0.155. The number of amides is 1. The van der Waals surface area contributed by atoms with Crippen LogP contribution in [0.15, 0.2) is 52.5 Å². The molecule has 0 fully saturated rings. The Labute approximate surface area is 232 Å². The fourth-order valence-corrected chi connectivity index (χ4v) is 6.31. The Morgan fingerprint density at radius 2 is 1.90 bits per heavy atom. The van der Waals surface area contributed by atoms with Crippen LogP contribution in [0.1, 0.15) is 52.6 Å². The Morgan fingerprint density at radius 1 is 1.02 bits per heavy atom. The van der Waals surface area contributed by atoms with Gasteiger partial charge in [0.2, 0.25) is 0 Å². The second kappa shape index (κ2) is 9.59. The van der Waals surface area contributed by atoms with Gasteiger partial charge in [0.05, 0.1) is 0 Å². The van der Waals surface area contributed by atoms with Crippen LogP contribution >= 0.6 is 0 Å². The predicted octanol–water partition coefficient (Wildman–Crippen LogP) is 4.75. The van der Waals surface area contributed by atoms with Gasteiger partial charge in [0.15, 0.2) is 5.82 Å². The standard InChI is InChI=1S/C31H31N7O2/c1-3-22-23(21-16-24(30(39)36(2)18-21)34-27-9-8-19-10-12-32-28(19)35-27)11-13-33-29(22)38-15-14-37-25-7-5-4-6-20(25)17-26(37)31(38)40/h8-9,11-13,16-18H,3-7,10,14-15H2,1-2H3,(H,34,35). The molecule has 9 nitrogen and oxygen atoms in total. The van der Waals surface area contributed by atoms with Gasteiger partial charge in [-0.05, 0) is 67.5 Å². The summed E-state index contributed by atoms with van der Waals surface area (Å²) in [5.74, 6) is 1.95. The van der Waals surface area contributed by atoms with Crippen molar-refractivity contribution in [2.45, 2.75) is 52.0 Å². The van der Waals surface area contributed by atoms with E-state index in [1.807, 2.05) is 41.6 Å². The highest BCUT2D eigenvalue weighted by Gasteiger charge is 2.32. The van der Waals surface area contributed by atoms with Gasteiger partial charge in [0.1, 0.15) is 23.0 Å². The number of hydrogen-bond donors (Lipinski definition) is 1. The van der Waals surface area contributed by atoms with E-state index in [2.05, 4.69) is 32.9 Å². The molecular formula is C31H31N7O2. The number of anilines is 3. The summed E-state index contributed by atoms with van der Waals surface area (Å²) in [7, 11) is 1.75. The number of rotatable bonds is 5. The Kier molecular flexibility index (Phi) is 5.87. The molecule has 3 aliphatic rings. The first-order valence-corrected chi connectivity index (χ1v) is 14.0. The quantitative estimate of drug-likeness (QED) is 0.399. The number of nitrogens with one attached hydrogen (secondary N) is 1. The lowest BCUT2D eigenvalue weighted by atomic mass is 9.98. The molecule has 40 heavy (non-hydrogen) atoms. The Hall–Kier alpha value is -4.53. The fourth-order valence-electron chi connectivity index (χ4n) is 6.31. The number of fused-ring (bicyclic) bond motifs is 4. The number of carbonyl (C=O) groups excluding carboxylic acids is 1. The second-order valence-electron chi connectivity index (χ2n) is 10.7. The Balaban J connectivity index is 1.26. The van der Waals surface area contributed by atoms with Gasteiger partial charge in [-0.25, -0.2) is 15.0 Å². The molecule has 6 heterocycles. The van der Waals surface area contributed by atoms with E-state index in [4.69, 9.17) is 4.98 Å². The molecular weight excluding hydrogens is 502 g/mol. The van der Waals surface area contributed by atoms with E-state index in [-0.39, 0.29) is 11.5 Å². The van der Waals surface area contributed by atoms with E-state index in [9.17, 15) is 9.59 Å². The smallest absolute Gasteiger partial charge is 0.276 e. The van der Waals surface area contributed by atoms with Crippen LogP contribution in [0, 0.1) is 0 Å². The van der Waals surface area contributed by atoms with Crippen molar-refractivity contribution < 1.29 is 4.79 Å². The summed E-state index contributed by atoms with van der Waals surface area (Å²) in [4.78, 5) is 42.3. The number of aryl methyl sites for hydroxylation is 2. The maximum atomic E-state index is 13.8. The van der Waals surface area contributed by atoms with Gasteiger partial charge in [-0.15, -0.1) is 0 Å². The molecule has 4 aromatic heterocycles. The van der Waals surface area contributed by atoms with E-state index in [1.54, 1.807) is 17.8 Å². The Morgan fingerprint density at radius 3 is 2.77 bits per heavy atom. The lowest BCUT2D eigenvalue weighted by Crippen LogP contribution is -2.41. The lowest BCUT2D eigenvalue weighted by Gasteiger charge is -2.31. The average Bonchev–Trinajstić information content (AvgIpc) is 3.60. The van der Waals surface area contributed by atoms with Crippen LogP contribution in [0.2, 0.25) is 0 Å². The number of nitrogens with zero attached hydrogens (tertiary/aromatic N) is 6. The lowest BCUT2D eigenvalue weighted by molar-refractivity contribution is 0.0963. The van der Waals surface area contributed by atoms with Gasteiger partial charge in [-0.1, -0.05) is 13.0 Å². The molecule has 1 aliphatic carbocycles. The second-order valence-corrected chi connectivity index (χ2v) is 10.7. The summed E-state index contributed by atoms with van der Waals surface area (Å²) < 4.78 is 3.80. The van der Waals surface area contributed by atoms with Crippen molar-refractivity contribution in [3.05, 3.63) is 81.2 Å². The SMILES string of the molecule is CCc1c(-c2cc(Nc3ccc4c(n3)N=CC4)c(=O)n(C)c2)ccnc1N1CCn2c(cc3c2CCCC3)C1=O. The highest BCUT2D eigenvalue weighted by atomic mass is 16.2. The topological polar surface area (TPSA) is 97.4 Å². The number of pyridine rings is 3. The van der Waals surface area contributed by atoms with Gasteiger partial charge < -0.3 is 14.5 Å². The summed E-state index contributed by atoms with van der Waals surface area (Å²) in [5.41, 5.74) is 7.57. The molecule has 0 unspecified atom stereocenters. The molecule has 7 rings (SSSR count). The van der Waals surface area contributed by atoms with Crippen LogP contribution in [0.5, 0.6) is 0 Å². The maximum absolute atomic E-state index is 13.8. The highest BCUT2D eigenvalue weighted by Crippen LogP contribution is 2.35. The summed E-state index contributed by atoms with van der Waals surface area (Å²) in [6, 6.07) is 9.78. The molecule has 1 amide bonds. The van der Waals surface area contributed by atoms with Crippen molar-refractivity contribution in [3.63, 3.8) is 0 Å². The summed E-state index contributed by atoms with van der Waals surface area (Å²) in [6.07, 6.45) is 11.4. The van der Waals surface area contributed by atoms with Crippen LogP contribution in [-0.2, 0) is 39.3 Å².